The molecule has 1 amide bonds. The maximum atomic E-state index is 13.9. The molecule has 3 aromatic carbocycles. The molecule has 0 radical (unpaired) electrons. The fourth-order valence-electron chi connectivity index (χ4n) is 4.88. The molecule has 0 heterocycles. The molecule has 4 rings (SSSR count). The van der Waals surface area contributed by atoms with Gasteiger partial charge in [0.05, 0.1) is 30.8 Å². The van der Waals surface area contributed by atoms with Gasteiger partial charge in [0, 0.05) is 6.07 Å². The van der Waals surface area contributed by atoms with E-state index in [-0.39, 0.29) is 17.5 Å². The number of carbonyl (C=O) groups is 1. The van der Waals surface area contributed by atoms with Gasteiger partial charge in [-0.3, -0.25) is 9.10 Å². The van der Waals surface area contributed by atoms with E-state index in [2.05, 4.69) is 17.4 Å². The number of nitrogens with zero attached hydrogens (tertiary/aromatic N) is 1. The monoisotopic (exact) mass is 522 g/mol. The van der Waals surface area contributed by atoms with Gasteiger partial charge in [-0.05, 0) is 92.1 Å². The van der Waals surface area contributed by atoms with Gasteiger partial charge in [-0.15, -0.1) is 0 Å². The normalized spacial score (nSPS) is 13.5. The lowest BCUT2D eigenvalue weighted by Crippen LogP contribution is -2.41. The lowest BCUT2D eigenvalue weighted by atomic mass is 10.0. The van der Waals surface area contributed by atoms with Crippen molar-refractivity contribution in [3.8, 4) is 11.5 Å². The molecule has 0 saturated heterocycles. The van der Waals surface area contributed by atoms with Crippen molar-refractivity contribution in [2.24, 2.45) is 0 Å². The first-order chi connectivity index (χ1) is 17.6. The first-order valence-electron chi connectivity index (χ1n) is 12.4. The van der Waals surface area contributed by atoms with Crippen molar-refractivity contribution in [1.29, 1.82) is 0 Å². The number of anilines is 1. The maximum Gasteiger partial charge on any atom is 0.264 e. The molecule has 0 fully saturated rings. The van der Waals surface area contributed by atoms with Gasteiger partial charge in [0.25, 0.3) is 10.0 Å². The topological polar surface area (TPSA) is 84.9 Å². The van der Waals surface area contributed by atoms with Crippen LogP contribution in [0.5, 0.6) is 11.5 Å². The molecule has 0 aromatic heterocycles. The van der Waals surface area contributed by atoms with Gasteiger partial charge in [-0.25, -0.2) is 8.42 Å². The van der Waals surface area contributed by atoms with E-state index in [1.807, 2.05) is 32.9 Å². The Labute approximate surface area is 219 Å². The molecule has 3 aromatic rings. The second kappa shape index (κ2) is 10.8. The summed E-state index contributed by atoms with van der Waals surface area (Å²) >= 11 is 0. The van der Waals surface area contributed by atoms with Crippen molar-refractivity contribution < 1.29 is 22.7 Å². The molecule has 8 heteroatoms. The predicted octanol–water partition coefficient (Wildman–Crippen LogP) is 4.88. The van der Waals surface area contributed by atoms with Crippen molar-refractivity contribution in [2.75, 3.05) is 25.1 Å². The molecule has 0 saturated carbocycles. The van der Waals surface area contributed by atoms with Crippen LogP contribution in [0, 0.1) is 13.8 Å². The van der Waals surface area contributed by atoms with Gasteiger partial charge in [0.1, 0.15) is 6.54 Å². The summed E-state index contributed by atoms with van der Waals surface area (Å²) < 4.78 is 39.5. The Morgan fingerprint density at radius 2 is 1.59 bits per heavy atom. The number of benzene rings is 3. The third-order valence-corrected chi connectivity index (χ3v) is 8.49. The van der Waals surface area contributed by atoms with Gasteiger partial charge in [-0.1, -0.05) is 24.3 Å². The number of ether oxygens (including phenoxy) is 2. The van der Waals surface area contributed by atoms with Crippen LogP contribution in [0.1, 0.15) is 47.2 Å². The second-order valence-electron chi connectivity index (χ2n) is 9.55. The molecule has 7 nitrogen and oxygen atoms in total. The Morgan fingerprint density at radius 1 is 0.919 bits per heavy atom. The lowest BCUT2D eigenvalue weighted by Gasteiger charge is -2.26. The molecule has 0 unspecified atom stereocenters. The highest BCUT2D eigenvalue weighted by Gasteiger charge is 2.29. The standard InChI is InChI=1S/C29H34N2O5S/c1-19-13-20(2)15-25(14-19)31(37(33,34)26-11-12-27(35-4)28(17-26)36-5)18-29(32)30-21(3)23-10-9-22-7-6-8-24(22)16-23/h9-17,21H,6-8,18H2,1-5H3,(H,30,32)/t21-/m0/s1. The summed E-state index contributed by atoms with van der Waals surface area (Å²) in [4.78, 5) is 13.3. The number of aryl methyl sites for hydroxylation is 4. The van der Waals surface area contributed by atoms with Gasteiger partial charge in [-0.2, -0.15) is 0 Å². The molecule has 1 aliphatic rings. The maximum absolute atomic E-state index is 13.9. The minimum absolute atomic E-state index is 0.00350. The van der Waals surface area contributed by atoms with Crippen LogP contribution < -0.4 is 19.1 Å². The third-order valence-electron chi connectivity index (χ3n) is 6.72. The average Bonchev–Trinajstić information content (AvgIpc) is 3.34. The minimum Gasteiger partial charge on any atom is -0.493 e. The summed E-state index contributed by atoms with van der Waals surface area (Å²) in [6.45, 7) is 5.34. The number of carbonyl (C=O) groups excluding carboxylic acids is 1. The molecule has 1 N–H and O–H groups in total. The summed E-state index contributed by atoms with van der Waals surface area (Å²) in [6, 6.07) is 16.0. The van der Waals surface area contributed by atoms with Crippen LogP contribution in [0.2, 0.25) is 0 Å². The summed E-state index contributed by atoms with van der Waals surface area (Å²) in [5.74, 6) is 0.315. The fourth-order valence-corrected chi connectivity index (χ4v) is 6.30. The first-order valence-corrected chi connectivity index (χ1v) is 13.8. The Balaban J connectivity index is 1.65. The molecule has 0 spiro atoms. The largest absolute Gasteiger partial charge is 0.493 e. The van der Waals surface area contributed by atoms with Crippen LogP contribution in [-0.2, 0) is 27.7 Å². The Morgan fingerprint density at radius 3 is 2.27 bits per heavy atom. The van der Waals surface area contributed by atoms with E-state index in [9.17, 15) is 13.2 Å². The van der Waals surface area contributed by atoms with E-state index in [0.717, 1.165) is 40.3 Å². The van der Waals surface area contributed by atoms with Crippen molar-refractivity contribution in [2.45, 2.75) is 51.0 Å². The Hall–Kier alpha value is -3.52. The molecule has 1 aliphatic carbocycles. The molecular weight excluding hydrogens is 488 g/mol. The first kappa shape index (κ1) is 26.5. The van der Waals surface area contributed by atoms with Crippen LogP contribution in [-0.4, -0.2) is 35.1 Å². The van der Waals surface area contributed by atoms with Crippen LogP contribution in [0.25, 0.3) is 0 Å². The van der Waals surface area contributed by atoms with E-state index in [1.165, 1.54) is 37.5 Å². The number of hydrogen-bond donors (Lipinski definition) is 1. The SMILES string of the molecule is COc1ccc(S(=O)(=O)N(CC(=O)N[C@@H](C)c2ccc3c(c2)CCC3)c2cc(C)cc(C)c2)cc1OC. The van der Waals surface area contributed by atoms with Crippen LogP contribution in [0.3, 0.4) is 0 Å². The summed E-state index contributed by atoms with van der Waals surface area (Å²) in [6.07, 6.45) is 3.29. The molecule has 37 heavy (non-hydrogen) atoms. The van der Waals surface area contributed by atoms with Gasteiger partial charge >= 0.3 is 0 Å². The lowest BCUT2D eigenvalue weighted by molar-refractivity contribution is -0.120. The zero-order valence-corrected chi connectivity index (χ0v) is 22.8. The highest BCUT2D eigenvalue weighted by atomic mass is 32.2. The summed E-state index contributed by atoms with van der Waals surface area (Å²) in [5.41, 5.74) is 5.92. The smallest absolute Gasteiger partial charge is 0.264 e. The summed E-state index contributed by atoms with van der Waals surface area (Å²) in [7, 11) is -1.18. The van der Waals surface area contributed by atoms with Crippen LogP contribution in [0.4, 0.5) is 5.69 Å². The third kappa shape index (κ3) is 5.74. The predicted molar refractivity (Wildman–Crippen MR) is 145 cm³/mol. The van der Waals surface area contributed by atoms with Crippen molar-refractivity contribution in [3.63, 3.8) is 0 Å². The summed E-state index contributed by atoms with van der Waals surface area (Å²) in [5, 5.41) is 2.99. The number of amides is 1. The molecule has 0 bridgehead atoms. The van der Waals surface area contributed by atoms with Gasteiger partial charge in [0.15, 0.2) is 11.5 Å². The average molecular weight is 523 g/mol. The van der Waals surface area contributed by atoms with Crippen molar-refractivity contribution >= 4 is 21.6 Å². The van der Waals surface area contributed by atoms with E-state index in [4.69, 9.17) is 9.47 Å². The highest BCUT2D eigenvalue weighted by Crippen LogP contribution is 2.33. The zero-order valence-electron chi connectivity index (χ0n) is 22.0. The van der Waals surface area contributed by atoms with Crippen LogP contribution in [0.15, 0.2) is 59.5 Å². The molecule has 196 valence electrons. The number of methoxy groups -OCH3 is 2. The highest BCUT2D eigenvalue weighted by molar-refractivity contribution is 7.92. The molecular formula is C29H34N2O5S. The fraction of sp³-hybridized carbons (Fsp3) is 0.345. The van der Waals surface area contributed by atoms with Crippen molar-refractivity contribution in [3.05, 3.63) is 82.4 Å². The van der Waals surface area contributed by atoms with Gasteiger partial charge in [0.2, 0.25) is 5.91 Å². The van der Waals surface area contributed by atoms with E-state index in [0.29, 0.717) is 17.2 Å². The quantitative estimate of drug-likeness (QED) is 0.433. The molecule has 1 atom stereocenters. The van der Waals surface area contributed by atoms with E-state index in [1.54, 1.807) is 18.2 Å². The van der Waals surface area contributed by atoms with Crippen LogP contribution >= 0.6 is 0 Å². The van der Waals surface area contributed by atoms with E-state index >= 15 is 0 Å². The minimum atomic E-state index is -4.11. The number of fused-ring (bicyclic) bond motifs is 1. The number of sulfonamides is 1. The van der Waals surface area contributed by atoms with E-state index < -0.39 is 15.9 Å². The Kier molecular flexibility index (Phi) is 7.78. The molecule has 0 aliphatic heterocycles. The van der Waals surface area contributed by atoms with Crippen molar-refractivity contribution in [1.82, 2.24) is 5.32 Å². The Bertz CT molecular complexity index is 1400. The number of nitrogens with one attached hydrogen (secondary N) is 1. The zero-order chi connectivity index (χ0) is 26.7. The van der Waals surface area contributed by atoms with Gasteiger partial charge < -0.3 is 14.8 Å². The number of hydrogen-bond acceptors (Lipinski definition) is 5. The second-order valence-corrected chi connectivity index (χ2v) is 11.4. The number of rotatable bonds is 9.